The molecule has 0 bridgehead atoms. The summed E-state index contributed by atoms with van der Waals surface area (Å²) in [4.78, 5) is 38.9. The molecule has 2 aliphatic rings. The lowest BCUT2D eigenvalue weighted by Crippen LogP contribution is -2.60. The molecule has 3 atom stereocenters. The lowest BCUT2D eigenvalue weighted by molar-refractivity contribution is -0.120. The van der Waals surface area contributed by atoms with Crippen LogP contribution in [0.15, 0.2) is 53.4 Å². The molecule has 5 N–H and O–H groups in total. The number of hydrogen-bond donors (Lipinski definition) is 4. The number of anilines is 2. The number of ether oxygens (including phenoxy) is 1. The maximum absolute atomic E-state index is 13.3. The number of benzene rings is 2. The first-order chi connectivity index (χ1) is 17.7. The largest absolute Gasteiger partial charge is 0.399 e. The summed E-state index contributed by atoms with van der Waals surface area (Å²) in [5, 5.41) is 6.19. The first kappa shape index (κ1) is 27.0. The van der Waals surface area contributed by atoms with Gasteiger partial charge in [-0.15, -0.1) is 0 Å². The fourth-order valence-electron chi connectivity index (χ4n) is 5.20. The lowest BCUT2D eigenvalue weighted by Gasteiger charge is -2.37. The van der Waals surface area contributed by atoms with Crippen LogP contribution in [0.3, 0.4) is 0 Å². The summed E-state index contributed by atoms with van der Waals surface area (Å²) in [5.41, 5.74) is 6.56. The van der Waals surface area contributed by atoms with Gasteiger partial charge in [-0.25, -0.2) is 0 Å². The Kier molecular flexibility index (Phi) is 8.46. The summed E-state index contributed by atoms with van der Waals surface area (Å²) >= 11 is 0. The number of hydrogen-bond acceptors (Lipinski definition) is 7. The number of rotatable bonds is 11. The highest BCUT2D eigenvalue weighted by atomic mass is 32.2. The molecule has 1 aliphatic carbocycles. The highest BCUT2D eigenvalue weighted by Crippen LogP contribution is 2.43. The molecular weight excluding hydrogens is 488 g/mol. The van der Waals surface area contributed by atoms with Crippen LogP contribution in [0.2, 0.25) is 0 Å². The fourth-order valence-corrected chi connectivity index (χ4v) is 6.20. The number of nitrogens with two attached hydrogens (primary N) is 1. The second-order valence-corrected chi connectivity index (χ2v) is 11.9. The number of carbonyl (C=O) groups excluding carboxylic acids is 3. The SMILES string of the molecule is C=S(Nc1ccc(C(=O)N[C@@](C=O)(CN[C@H]2COCC2=O)CC2(C)CCCC2)cc1)c1ccc(N)cc1. The summed E-state index contributed by atoms with van der Waals surface area (Å²) in [7, 11) is -0.491. The van der Waals surface area contributed by atoms with Crippen LogP contribution in [0.4, 0.5) is 11.4 Å². The predicted octanol–water partition coefficient (Wildman–Crippen LogP) is 3.55. The molecule has 1 aliphatic heterocycles. The average Bonchev–Trinajstić information content (AvgIpc) is 3.50. The van der Waals surface area contributed by atoms with Gasteiger partial charge in [0.15, 0.2) is 5.78 Å². The quantitative estimate of drug-likeness (QED) is 0.201. The molecule has 4 rings (SSSR count). The Morgan fingerprint density at radius 1 is 1.19 bits per heavy atom. The number of nitrogens with one attached hydrogen (secondary N) is 3. The molecule has 37 heavy (non-hydrogen) atoms. The van der Waals surface area contributed by atoms with Gasteiger partial charge in [-0.05, 0) is 73.2 Å². The third kappa shape index (κ3) is 6.85. The molecule has 2 fully saturated rings. The molecule has 198 valence electrons. The third-order valence-electron chi connectivity index (χ3n) is 7.28. The van der Waals surface area contributed by atoms with Gasteiger partial charge in [-0.2, -0.15) is 0 Å². The Labute approximate surface area is 220 Å². The maximum Gasteiger partial charge on any atom is 0.252 e. The van der Waals surface area contributed by atoms with Crippen LogP contribution in [0.25, 0.3) is 0 Å². The lowest BCUT2D eigenvalue weighted by atomic mass is 9.76. The van der Waals surface area contributed by atoms with Crippen molar-refractivity contribution in [2.75, 3.05) is 30.2 Å². The topological polar surface area (TPSA) is 123 Å². The zero-order chi connectivity index (χ0) is 26.5. The van der Waals surface area contributed by atoms with E-state index in [4.69, 9.17) is 10.5 Å². The number of carbonyl (C=O) groups is 3. The second-order valence-electron chi connectivity index (χ2n) is 10.5. The Bertz CT molecular complexity index is 1150. The van der Waals surface area contributed by atoms with E-state index in [1.165, 1.54) is 0 Å². The zero-order valence-corrected chi connectivity index (χ0v) is 22.1. The van der Waals surface area contributed by atoms with Gasteiger partial charge in [0.25, 0.3) is 5.91 Å². The second kappa shape index (κ2) is 11.6. The van der Waals surface area contributed by atoms with Gasteiger partial charge < -0.3 is 30.6 Å². The van der Waals surface area contributed by atoms with Crippen molar-refractivity contribution in [3.63, 3.8) is 0 Å². The first-order valence-corrected chi connectivity index (χ1v) is 14.0. The van der Waals surface area contributed by atoms with Crippen LogP contribution < -0.4 is 21.1 Å². The van der Waals surface area contributed by atoms with Crippen LogP contribution in [0, 0.1) is 5.41 Å². The zero-order valence-electron chi connectivity index (χ0n) is 21.3. The van der Waals surface area contributed by atoms with Gasteiger partial charge in [0, 0.05) is 28.4 Å². The van der Waals surface area contributed by atoms with E-state index in [1.807, 2.05) is 36.4 Å². The van der Waals surface area contributed by atoms with E-state index in [2.05, 4.69) is 28.1 Å². The molecule has 0 spiro atoms. The number of aldehydes is 1. The summed E-state index contributed by atoms with van der Waals surface area (Å²) in [5.74, 6) is 3.81. The summed E-state index contributed by atoms with van der Waals surface area (Å²) in [6.07, 6.45) is 5.58. The van der Waals surface area contributed by atoms with E-state index in [1.54, 1.807) is 12.1 Å². The highest BCUT2D eigenvalue weighted by molar-refractivity contribution is 8.15. The average molecular weight is 525 g/mol. The minimum Gasteiger partial charge on any atom is -0.399 e. The normalized spacial score (nSPS) is 21.2. The molecule has 0 aromatic heterocycles. The van der Waals surface area contributed by atoms with Crippen molar-refractivity contribution in [1.29, 1.82) is 0 Å². The molecule has 1 heterocycles. The number of ketones is 1. The van der Waals surface area contributed by atoms with Gasteiger partial charge in [-0.1, -0.05) is 36.3 Å². The highest BCUT2D eigenvalue weighted by Gasteiger charge is 2.42. The molecule has 2 aromatic carbocycles. The van der Waals surface area contributed by atoms with Crippen LogP contribution in [0.1, 0.15) is 49.4 Å². The van der Waals surface area contributed by atoms with E-state index in [9.17, 15) is 14.4 Å². The monoisotopic (exact) mass is 524 g/mol. The Morgan fingerprint density at radius 3 is 2.46 bits per heavy atom. The molecule has 9 heteroatoms. The van der Waals surface area contributed by atoms with E-state index in [-0.39, 0.29) is 36.9 Å². The third-order valence-corrected chi connectivity index (χ3v) is 8.60. The molecule has 8 nitrogen and oxygen atoms in total. The van der Waals surface area contributed by atoms with E-state index in [0.717, 1.165) is 42.6 Å². The van der Waals surface area contributed by atoms with Crippen molar-refractivity contribution in [2.24, 2.45) is 5.41 Å². The molecule has 1 unspecified atom stereocenters. The number of Topliss-reactive ketones (excluding diaryl/α,β-unsaturated/α-hetero) is 1. The number of amides is 1. The van der Waals surface area contributed by atoms with Crippen molar-refractivity contribution < 1.29 is 19.1 Å². The molecule has 1 saturated heterocycles. The van der Waals surface area contributed by atoms with Crippen LogP contribution in [0.5, 0.6) is 0 Å². The molecule has 1 saturated carbocycles. The van der Waals surface area contributed by atoms with Gasteiger partial charge in [0.2, 0.25) is 0 Å². The van der Waals surface area contributed by atoms with E-state index < -0.39 is 22.3 Å². The van der Waals surface area contributed by atoms with Crippen molar-refractivity contribution >= 4 is 45.9 Å². The van der Waals surface area contributed by atoms with E-state index in [0.29, 0.717) is 17.7 Å². The number of nitrogen functional groups attached to an aromatic ring is 1. The minimum absolute atomic E-state index is 0.0373. The molecule has 0 radical (unpaired) electrons. The standard InChI is InChI=1S/C28H36N4O4S/c1-27(13-3-4-14-27)17-28(19-33,18-30-24-15-36-16-25(24)34)31-26(35)20-5-9-22(10-6-20)32-37(2)23-11-7-21(29)8-12-23/h5-12,19,24,30,32H,2-4,13-18,29H2,1H3,(H,31,35)/t24-,28+,37?/m0/s1. The summed E-state index contributed by atoms with van der Waals surface area (Å²) < 4.78 is 8.59. The predicted molar refractivity (Wildman–Crippen MR) is 149 cm³/mol. The van der Waals surface area contributed by atoms with Gasteiger partial charge in [0.05, 0.1) is 12.6 Å². The van der Waals surface area contributed by atoms with Crippen LogP contribution >= 0.6 is 10.7 Å². The van der Waals surface area contributed by atoms with E-state index >= 15 is 0 Å². The molecule has 2 aromatic rings. The molecule has 1 amide bonds. The van der Waals surface area contributed by atoms with Crippen LogP contribution in [-0.2, 0) is 14.3 Å². The maximum atomic E-state index is 13.3. The van der Waals surface area contributed by atoms with Crippen molar-refractivity contribution in [3.05, 3.63) is 54.1 Å². The Morgan fingerprint density at radius 2 is 1.86 bits per heavy atom. The van der Waals surface area contributed by atoms with Gasteiger partial charge >= 0.3 is 0 Å². The van der Waals surface area contributed by atoms with Crippen LogP contribution in [-0.4, -0.2) is 55.2 Å². The smallest absolute Gasteiger partial charge is 0.252 e. The van der Waals surface area contributed by atoms with Gasteiger partial charge in [-0.3, -0.25) is 9.59 Å². The molecular formula is C28H36N4O4S. The fraction of sp³-hybridized carbons (Fsp3) is 0.429. The van der Waals surface area contributed by atoms with Crippen molar-refractivity contribution in [2.45, 2.75) is 55.5 Å². The Balaban J connectivity index is 1.45. The first-order valence-electron chi connectivity index (χ1n) is 12.6. The van der Waals surface area contributed by atoms with Gasteiger partial charge in [0.1, 0.15) is 18.4 Å². The van der Waals surface area contributed by atoms with Crippen molar-refractivity contribution in [1.82, 2.24) is 10.6 Å². The summed E-state index contributed by atoms with van der Waals surface area (Å²) in [6.45, 7) is 2.69. The minimum atomic E-state index is -1.13. The van der Waals surface area contributed by atoms with Crippen molar-refractivity contribution in [3.8, 4) is 0 Å². The Hall–Kier alpha value is -3.01. The summed E-state index contributed by atoms with van der Waals surface area (Å²) in [6, 6.07) is 14.2.